The highest BCUT2D eigenvalue weighted by Crippen LogP contribution is 2.34. The van der Waals surface area contributed by atoms with Crippen LogP contribution in [-0.2, 0) is 9.53 Å². The van der Waals surface area contributed by atoms with Crippen LogP contribution in [0.3, 0.4) is 0 Å². The van der Waals surface area contributed by atoms with E-state index >= 15 is 0 Å². The van der Waals surface area contributed by atoms with Gasteiger partial charge in [0.05, 0.1) is 17.0 Å². The highest BCUT2D eigenvalue weighted by Gasteiger charge is 2.41. The minimum Gasteiger partial charge on any atom is -0.385 e. The van der Waals surface area contributed by atoms with Gasteiger partial charge in [-0.05, 0) is 12.0 Å². The lowest BCUT2D eigenvalue weighted by Crippen LogP contribution is -2.31. The lowest BCUT2D eigenvalue weighted by molar-refractivity contribution is -0.126. The second-order valence-corrected chi connectivity index (χ2v) is 7.78. The second kappa shape index (κ2) is 8.67. The average molecular weight is 395 g/mol. The molecule has 1 amide bonds. The number of hydrogen-bond acceptors (Lipinski definition) is 6. The number of benzene rings is 1. The van der Waals surface area contributed by atoms with Crippen molar-refractivity contribution >= 4 is 34.8 Å². The number of hydrogen-bond donors (Lipinski definition) is 0. The van der Waals surface area contributed by atoms with E-state index in [1.165, 1.54) is 5.01 Å². The van der Waals surface area contributed by atoms with E-state index in [1.807, 2.05) is 42.5 Å². The van der Waals surface area contributed by atoms with Crippen molar-refractivity contribution < 1.29 is 9.53 Å². The minimum atomic E-state index is -0.498. The molecular formula is C21H22N4O2S. The Labute approximate surface area is 168 Å². The molecule has 1 aromatic rings. The molecule has 2 heterocycles. The van der Waals surface area contributed by atoms with Crippen LogP contribution < -0.4 is 0 Å². The average Bonchev–Trinajstić information content (AvgIpc) is 3.30. The Bertz CT molecular complexity index is 876. The highest BCUT2D eigenvalue weighted by molar-refractivity contribution is 8.14. The number of carbonyl (C=O) groups is 1. The van der Waals surface area contributed by atoms with Crippen LogP contribution in [0.2, 0.25) is 0 Å². The molecular weight excluding hydrogens is 372 g/mol. The number of aliphatic imine (C=N–C) groups is 2. The number of carbonyl (C=O) groups excluding carboxylic acids is 1. The maximum absolute atomic E-state index is 13.2. The van der Waals surface area contributed by atoms with Crippen LogP contribution in [0, 0.1) is 5.92 Å². The predicted octanol–water partition coefficient (Wildman–Crippen LogP) is 2.92. The fourth-order valence-corrected chi connectivity index (χ4v) is 4.37. The van der Waals surface area contributed by atoms with Crippen LogP contribution in [0.5, 0.6) is 0 Å². The Hall–Kier alpha value is -2.51. The number of methoxy groups -OCH3 is 1. The summed E-state index contributed by atoms with van der Waals surface area (Å²) in [6.07, 6.45) is 10.7. The van der Waals surface area contributed by atoms with Crippen LogP contribution in [0.15, 0.2) is 69.7 Å². The van der Waals surface area contributed by atoms with E-state index in [9.17, 15) is 4.79 Å². The summed E-state index contributed by atoms with van der Waals surface area (Å²) in [7, 11) is 1.67. The number of nitrogens with zero attached hydrogens (tertiary/aromatic N) is 4. The number of amidine groups is 1. The standard InChI is InChI=1S/C21H22N4O2S/c1-27-13-7-12-22-14-16-19(15-8-3-2-4-9-15)24-25(20(16)26)21-23-17-10-5-6-11-18(17)28-21/h2-6,8-11,14,16-18H,7,12-13H2,1H3/t16?,17-,18+/m0/s1. The fraction of sp³-hybridized carbons (Fsp3) is 0.333. The lowest BCUT2D eigenvalue weighted by atomic mass is 9.98. The van der Waals surface area contributed by atoms with Gasteiger partial charge >= 0.3 is 0 Å². The first kappa shape index (κ1) is 18.8. The minimum absolute atomic E-state index is 0.0648. The van der Waals surface area contributed by atoms with E-state index in [0.717, 1.165) is 12.0 Å². The van der Waals surface area contributed by atoms with Gasteiger partial charge in [-0.3, -0.25) is 14.8 Å². The van der Waals surface area contributed by atoms with Crippen molar-refractivity contribution in [1.82, 2.24) is 5.01 Å². The second-order valence-electron chi connectivity index (χ2n) is 6.64. The van der Waals surface area contributed by atoms with Gasteiger partial charge in [0.25, 0.3) is 5.91 Å². The van der Waals surface area contributed by atoms with Gasteiger partial charge in [-0.25, -0.2) is 0 Å². The maximum atomic E-state index is 13.2. The molecule has 6 nitrogen and oxygen atoms in total. The third-order valence-corrected chi connectivity index (χ3v) is 5.87. The topological polar surface area (TPSA) is 66.6 Å². The van der Waals surface area contributed by atoms with E-state index in [1.54, 1.807) is 25.1 Å². The Balaban J connectivity index is 1.58. The first-order valence-electron chi connectivity index (χ1n) is 9.34. The molecule has 4 rings (SSSR count). The quantitative estimate of drug-likeness (QED) is 0.550. The SMILES string of the molecule is COCCCN=CC1C(=O)N(C2=N[C@H]3C=CC=C[C@H]3S2)N=C1c1ccccc1. The highest BCUT2D eigenvalue weighted by atomic mass is 32.2. The van der Waals surface area contributed by atoms with Crippen molar-refractivity contribution in [2.45, 2.75) is 17.7 Å². The number of fused-ring (bicyclic) bond motifs is 1. The van der Waals surface area contributed by atoms with Crippen molar-refractivity contribution in [3.05, 3.63) is 60.2 Å². The Kier molecular flexibility index (Phi) is 5.83. The predicted molar refractivity (Wildman–Crippen MR) is 114 cm³/mol. The summed E-state index contributed by atoms with van der Waals surface area (Å²) in [5.74, 6) is -0.603. The van der Waals surface area contributed by atoms with Crippen LogP contribution in [0.4, 0.5) is 0 Å². The van der Waals surface area contributed by atoms with Crippen molar-refractivity contribution in [3.63, 3.8) is 0 Å². The zero-order valence-corrected chi connectivity index (χ0v) is 16.5. The van der Waals surface area contributed by atoms with Crippen LogP contribution in [-0.4, -0.2) is 59.6 Å². The largest absolute Gasteiger partial charge is 0.385 e. The van der Waals surface area contributed by atoms with E-state index in [-0.39, 0.29) is 17.2 Å². The van der Waals surface area contributed by atoms with Gasteiger partial charge in [0.1, 0.15) is 5.92 Å². The lowest BCUT2D eigenvalue weighted by Gasteiger charge is -2.12. The molecule has 0 fully saturated rings. The van der Waals surface area contributed by atoms with E-state index in [0.29, 0.717) is 24.0 Å². The number of rotatable bonds is 6. The van der Waals surface area contributed by atoms with Gasteiger partial charge < -0.3 is 4.74 Å². The molecule has 28 heavy (non-hydrogen) atoms. The zero-order valence-electron chi connectivity index (χ0n) is 15.6. The van der Waals surface area contributed by atoms with E-state index in [2.05, 4.69) is 22.2 Å². The van der Waals surface area contributed by atoms with Crippen LogP contribution >= 0.6 is 11.8 Å². The molecule has 0 saturated heterocycles. The summed E-state index contributed by atoms with van der Waals surface area (Å²) < 4.78 is 5.05. The summed E-state index contributed by atoms with van der Waals surface area (Å²) in [5.41, 5.74) is 1.64. The van der Waals surface area contributed by atoms with Crippen molar-refractivity contribution in [1.29, 1.82) is 0 Å². The third kappa shape index (κ3) is 3.86. The molecule has 0 aromatic heterocycles. The Morgan fingerprint density at radius 1 is 1.25 bits per heavy atom. The van der Waals surface area contributed by atoms with Crippen molar-refractivity contribution in [3.8, 4) is 0 Å². The van der Waals surface area contributed by atoms with Gasteiger partial charge in [-0.2, -0.15) is 10.1 Å². The third-order valence-electron chi connectivity index (χ3n) is 4.68. The summed E-state index contributed by atoms with van der Waals surface area (Å²) >= 11 is 1.58. The molecule has 144 valence electrons. The molecule has 1 aromatic carbocycles. The van der Waals surface area contributed by atoms with Crippen LogP contribution in [0.1, 0.15) is 12.0 Å². The smallest absolute Gasteiger partial charge is 0.263 e. The van der Waals surface area contributed by atoms with E-state index < -0.39 is 5.92 Å². The van der Waals surface area contributed by atoms with Gasteiger partial charge in [0, 0.05) is 26.5 Å². The fourth-order valence-electron chi connectivity index (χ4n) is 3.25. The Morgan fingerprint density at radius 3 is 2.86 bits per heavy atom. The Morgan fingerprint density at radius 2 is 2.07 bits per heavy atom. The number of thioether (sulfide) groups is 1. The number of amides is 1. The molecule has 0 radical (unpaired) electrons. The number of ether oxygens (including phenoxy) is 1. The number of allylic oxidation sites excluding steroid dienone is 2. The molecule has 0 saturated carbocycles. The normalized spacial score (nSPS) is 26.1. The van der Waals surface area contributed by atoms with Gasteiger partial charge in [0.2, 0.25) is 0 Å². The molecule has 3 atom stereocenters. The molecule has 1 unspecified atom stereocenters. The molecule has 0 N–H and O–H groups in total. The van der Waals surface area contributed by atoms with Gasteiger partial charge in [-0.15, -0.1) is 0 Å². The first-order chi connectivity index (χ1) is 13.8. The van der Waals surface area contributed by atoms with Crippen LogP contribution in [0.25, 0.3) is 0 Å². The van der Waals surface area contributed by atoms with Gasteiger partial charge in [-0.1, -0.05) is 66.4 Å². The molecule has 2 aliphatic heterocycles. The maximum Gasteiger partial charge on any atom is 0.263 e. The van der Waals surface area contributed by atoms with Crippen molar-refractivity contribution in [2.24, 2.45) is 21.0 Å². The summed E-state index contributed by atoms with van der Waals surface area (Å²) in [6.45, 7) is 1.27. The zero-order chi connectivity index (χ0) is 19.3. The number of hydrazone groups is 1. The molecule has 0 bridgehead atoms. The summed E-state index contributed by atoms with van der Waals surface area (Å²) in [4.78, 5) is 22.3. The first-order valence-corrected chi connectivity index (χ1v) is 10.2. The monoisotopic (exact) mass is 394 g/mol. The molecule has 7 heteroatoms. The molecule has 3 aliphatic rings. The van der Waals surface area contributed by atoms with Gasteiger partial charge in [0.15, 0.2) is 5.17 Å². The summed E-state index contributed by atoms with van der Waals surface area (Å²) in [5, 5.41) is 7.00. The van der Waals surface area contributed by atoms with Crippen molar-refractivity contribution in [2.75, 3.05) is 20.3 Å². The molecule has 1 aliphatic carbocycles. The molecule has 0 spiro atoms. The van der Waals surface area contributed by atoms with E-state index in [4.69, 9.17) is 9.73 Å². The summed E-state index contributed by atoms with van der Waals surface area (Å²) in [6, 6.07) is 9.85.